The molecule has 4 saturated carbocycles. The van der Waals surface area contributed by atoms with Gasteiger partial charge in [0.05, 0.1) is 53.6 Å². The molecular weight excluding hydrogens is 1580 g/mol. The summed E-state index contributed by atoms with van der Waals surface area (Å²) >= 11 is 0. The van der Waals surface area contributed by atoms with Crippen LogP contribution < -0.4 is 36.1 Å². The van der Waals surface area contributed by atoms with Crippen LogP contribution in [0.5, 0.6) is 40.4 Å². The first-order chi connectivity index (χ1) is 61.1. The number of nitrogens with zero attached hydrogens (tertiary/aromatic N) is 15. The second-order valence-corrected chi connectivity index (χ2v) is 34.1. The van der Waals surface area contributed by atoms with Gasteiger partial charge in [0.25, 0.3) is 0 Å². The highest BCUT2D eigenvalue weighted by Crippen LogP contribution is 2.54. The van der Waals surface area contributed by atoms with Gasteiger partial charge < -0.3 is 64.7 Å². The predicted octanol–water partition coefficient (Wildman–Crippen LogP) is 16.2. The van der Waals surface area contributed by atoms with Crippen molar-refractivity contribution in [3.8, 4) is 73.8 Å². The molecule has 1 unspecified atom stereocenters. The van der Waals surface area contributed by atoms with Gasteiger partial charge in [0.15, 0.2) is 0 Å². The molecule has 0 bridgehead atoms. The second-order valence-electron chi connectivity index (χ2n) is 34.1. The first-order valence-electron chi connectivity index (χ1n) is 43.8. The molecule has 0 spiro atoms. The maximum atomic E-state index is 13.6. The van der Waals surface area contributed by atoms with E-state index in [9.17, 15) is 18.8 Å². The Labute approximate surface area is 726 Å². The van der Waals surface area contributed by atoms with Gasteiger partial charge in [0.2, 0.25) is 23.6 Å². The number of fused-ring (bicyclic) bond motifs is 3. The SMILES string of the molecule is CN(C/C=C/C(=O)N1CC[C@@H](n2c(C3CC3)c(-c3ccc(Oc4ccccc4)cc3)c3c(N)ncnc32)C1)C1CC1.CN(C/C=C/C(=O)N1CC[C@@H](n2c(C3CC3)c(-c3ccc(Oc4ccccc4)cc3)c3c(N)ncnc32)C1)C1CCOC1.COc1c(-c2ccc(Oc3cccc(F)c3)cc2)c2c(N)ncnc2n1[C@@H]1CCN(C(=O)/C=C/CN(C)C2CC2)C1. The average Bonchev–Trinajstić information content (AvgIpc) is 1.58. The van der Waals surface area contributed by atoms with Crippen LogP contribution in [0.3, 0.4) is 0 Å². The maximum absolute atomic E-state index is 13.6. The van der Waals surface area contributed by atoms with Gasteiger partial charge >= 0.3 is 0 Å². The summed E-state index contributed by atoms with van der Waals surface area (Å²) in [6, 6.07) is 51.4. The van der Waals surface area contributed by atoms with Crippen molar-refractivity contribution in [2.75, 3.05) is 118 Å². The fourth-order valence-corrected chi connectivity index (χ4v) is 18.2. The molecule has 6 N–H and O–H groups in total. The lowest BCUT2D eigenvalue weighted by molar-refractivity contribution is -0.125. The number of para-hydroxylation sites is 2. The Morgan fingerprint density at radius 3 is 1.16 bits per heavy atom. The third-order valence-corrected chi connectivity index (χ3v) is 25.4. The number of likely N-dealkylation sites (tertiary alicyclic amines) is 3. The van der Waals surface area contributed by atoms with Gasteiger partial charge in [0, 0.05) is 130 Å². The number of carbonyl (C=O) groups is 3. The summed E-state index contributed by atoms with van der Waals surface area (Å²) in [5, 5.41) is 2.49. The zero-order valence-corrected chi connectivity index (χ0v) is 71.2. The summed E-state index contributed by atoms with van der Waals surface area (Å²) in [4.78, 5) is 79.1. The number of aromatic nitrogens is 9. The number of nitrogens with two attached hydrogens (primary N) is 3. The van der Waals surface area contributed by atoms with Gasteiger partial charge in [-0.2, -0.15) is 0 Å². The quantitative estimate of drug-likeness (QED) is 0.0403. The molecule has 6 aromatic heterocycles. The normalized spacial score (nSPS) is 19.0. The van der Waals surface area contributed by atoms with Gasteiger partial charge in [-0.1, -0.05) is 97.1 Å². The summed E-state index contributed by atoms with van der Waals surface area (Å²) in [6.07, 6.45) is 28.8. The van der Waals surface area contributed by atoms with Gasteiger partial charge in [0.1, 0.15) is 93.7 Å². The first-order valence-corrected chi connectivity index (χ1v) is 43.8. The summed E-state index contributed by atoms with van der Waals surface area (Å²) < 4.78 is 49.8. The van der Waals surface area contributed by atoms with Gasteiger partial charge in [-0.25, -0.2) is 34.3 Å². The number of amides is 3. The van der Waals surface area contributed by atoms with E-state index in [1.54, 1.807) is 50.1 Å². The highest BCUT2D eigenvalue weighted by Gasteiger charge is 2.42. The van der Waals surface area contributed by atoms with E-state index >= 15 is 0 Å². The zero-order chi connectivity index (χ0) is 85.8. The largest absolute Gasteiger partial charge is 0.482 e. The number of anilines is 3. The molecule has 26 nitrogen and oxygen atoms in total. The van der Waals surface area contributed by atoms with E-state index in [0.717, 1.165) is 169 Å². The summed E-state index contributed by atoms with van der Waals surface area (Å²) in [5.41, 5.74) is 30.4. The van der Waals surface area contributed by atoms with Crippen LogP contribution in [0.4, 0.5) is 21.8 Å². The molecule has 27 heteroatoms. The van der Waals surface area contributed by atoms with Crippen molar-refractivity contribution in [1.82, 2.24) is 73.0 Å². The van der Waals surface area contributed by atoms with Crippen LogP contribution in [0, 0.1) is 5.82 Å². The third kappa shape index (κ3) is 18.6. The summed E-state index contributed by atoms with van der Waals surface area (Å²) in [7, 11) is 7.93. The van der Waals surface area contributed by atoms with E-state index in [1.807, 2.05) is 147 Å². The number of halogens is 1. The molecule has 6 aromatic carbocycles. The summed E-state index contributed by atoms with van der Waals surface area (Å²) in [5.74, 6) is 6.73. The number of ether oxygens (including phenoxy) is 5. The molecule has 4 atom stereocenters. The van der Waals surface area contributed by atoms with Gasteiger partial charge in [-0.05, 0) is 200 Å². The number of hydrogen-bond acceptors (Lipinski definition) is 20. The van der Waals surface area contributed by atoms with Crippen LogP contribution in [0.25, 0.3) is 66.5 Å². The fraction of sp³-hybridized carbons (Fsp3) is 0.357. The second kappa shape index (κ2) is 36.9. The van der Waals surface area contributed by atoms with Crippen molar-refractivity contribution in [2.45, 2.75) is 125 Å². The molecule has 10 heterocycles. The third-order valence-electron chi connectivity index (χ3n) is 25.4. The molecule has 20 rings (SSSR count). The van der Waals surface area contributed by atoms with Crippen molar-refractivity contribution in [3.63, 3.8) is 0 Å². The van der Waals surface area contributed by atoms with Crippen LogP contribution in [-0.2, 0) is 19.1 Å². The molecule has 0 radical (unpaired) electrons. The standard InChI is InChI=1S/C34H38N6O3.C33H36N6O2.C31H33FN6O3/c1-38(26-16-19-42-21-26)17-5-8-29(41)39-18-15-25(20-39)40-32(24-9-10-24)30(31-33(35)36-22-37-34(31)40)23-11-13-28(14-12-23)43-27-6-3-2-4-7-27;1-37(24-13-14-24)18-5-8-28(40)38-19-17-25(20-38)39-31(23-9-10-23)29(30-32(34)35-21-36-33(30)39)22-11-15-27(16-12-22)41-26-6-3-2-4-7-26;1-36(22-10-11-22)15-4-7-26(39)37-16-14-23(18-37)38-30-28(29(33)34-19-35-30)27(31(38)40-2)20-8-12-24(13-9-20)41-25-6-3-5-21(32)17-25/h2-8,11-14,22,24-26H,9-10,15-21H2,1H3,(H2,35,36,37);2-8,11-12,15-16,21,23-25H,9-10,13-14,17-20H2,1H3,(H2,34,35,36);3-9,12-13,17,19,22-23H,10-11,14-16,18H2,1-2H3,(H2,33,34,35)/b2*8-5+;7-4+/t25-,26?;25-;23-/m111/s1. The minimum atomic E-state index is -0.364. The number of rotatable bonds is 27. The predicted molar refractivity (Wildman–Crippen MR) is 483 cm³/mol. The molecule has 4 aliphatic carbocycles. The number of likely N-dealkylation sites (N-methyl/N-ethyl adjacent to an activating group) is 3. The van der Waals surface area contributed by atoms with E-state index in [1.165, 1.54) is 55.5 Å². The lowest BCUT2D eigenvalue weighted by Gasteiger charge is -2.21. The molecular formula is C98H107FN18O8. The Bertz CT molecular complexity index is 5960. The number of carbonyl (C=O) groups excluding carboxylic acids is 3. The van der Waals surface area contributed by atoms with Crippen molar-refractivity contribution < 1.29 is 42.5 Å². The Morgan fingerprint density at radius 1 is 0.424 bits per heavy atom. The zero-order valence-electron chi connectivity index (χ0n) is 71.2. The lowest BCUT2D eigenvalue weighted by Crippen LogP contribution is -2.32. The van der Waals surface area contributed by atoms with Crippen molar-refractivity contribution in [3.05, 3.63) is 230 Å². The number of methoxy groups -OCH3 is 1. The fourth-order valence-electron chi connectivity index (χ4n) is 18.2. The molecule has 4 saturated heterocycles. The number of nitrogen functional groups attached to an aromatic ring is 3. The Kier molecular flexibility index (Phi) is 24.5. The van der Waals surface area contributed by atoms with Crippen molar-refractivity contribution in [1.29, 1.82) is 0 Å². The molecule has 8 fully saturated rings. The molecule has 12 aromatic rings. The minimum Gasteiger partial charge on any atom is -0.482 e. The van der Waals surface area contributed by atoms with Gasteiger partial charge in [-0.3, -0.25) is 33.7 Å². The lowest BCUT2D eigenvalue weighted by atomic mass is 10.0. The molecule has 4 aliphatic heterocycles. The molecule has 3 amide bonds. The van der Waals surface area contributed by atoms with E-state index in [0.29, 0.717) is 109 Å². The molecule has 8 aliphatic rings. The Morgan fingerprint density at radius 2 is 0.784 bits per heavy atom. The number of benzene rings is 6. The van der Waals surface area contributed by atoms with Crippen LogP contribution in [0.15, 0.2) is 213 Å². The van der Waals surface area contributed by atoms with Crippen LogP contribution in [0.1, 0.15) is 118 Å². The summed E-state index contributed by atoms with van der Waals surface area (Å²) in [6.45, 7) is 7.83. The Hall–Kier alpha value is -12.8. The first kappa shape index (κ1) is 83.1. The van der Waals surface area contributed by atoms with Crippen LogP contribution in [0.2, 0.25) is 0 Å². The number of hydrogen-bond donors (Lipinski definition) is 3. The van der Waals surface area contributed by atoms with E-state index in [2.05, 4.69) is 89.2 Å². The van der Waals surface area contributed by atoms with E-state index in [4.69, 9.17) is 50.9 Å². The topological polar surface area (TPSA) is 287 Å². The minimum absolute atomic E-state index is 0.00961. The van der Waals surface area contributed by atoms with Crippen molar-refractivity contribution in [2.24, 2.45) is 0 Å². The average molecular weight is 1680 g/mol. The molecule has 644 valence electrons. The van der Waals surface area contributed by atoms with Crippen LogP contribution >= 0.6 is 0 Å². The van der Waals surface area contributed by atoms with Crippen LogP contribution in [-0.4, -0.2) is 209 Å². The highest BCUT2D eigenvalue weighted by atomic mass is 19.1. The maximum Gasteiger partial charge on any atom is 0.246 e. The molecule has 125 heavy (non-hydrogen) atoms. The van der Waals surface area contributed by atoms with Crippen molar-refractivity contribution >= 4 is 68.3 Å². The van der Waals surface area contributed by atoms with E-state index < -0.39 is 0 Å². The Balaban J connectivity index is 0.000000127. The smallest absolute Gasteiger partial charge is 0.246 e. The van der Waals surface area contributed by atoms with E-state index in [-0.39, 0.29) is 41.7 Å². The highest BCUT2D eigenvalue weighted by molar-refractivity contribution is 6.06. The monoisotopic (exact) mass is 1680 g/mol. The van der Waals surface area contributed by atoms with Gasteiger partial charge in [-0.15, -0.1) is 0 Å².